The average molecular weight is 300 g/mol. The molecule has 1 fully saturated rings. The molecule has 0 bridgehead atoms. The summed E-state index contributed by atoms with van der Waals surface area (Å²) in [4.78, 5) is 11.8. The summed E-state index contributed by atoms with van der Waals surface area (Å²) in [5.74, 6) is 0.359. The van der Waals surface area contributed by atoms with Gasteiger partial charge in [0.25, 0.3) is 0 Å². The summed E-state index contributed by atoms with van der Waals surface area (Å²) in [6.07, 6.45) is -0.894. The number of carbonyl (C=O) groups is 1. The molecule has 1 amide bonds. The van der Waals surface area contributed by atoms with Crippen molar-refractivity contribution in [1.82, 2.24) is 5.32 Å². The molecule has 0 radical (unpaired) electrons. The second-order valence-electron chi connectivity index (χ2n) is 5.37. The third-order valence-corrected chi connectivity index (χ3v) is 3.67. The first-order valence-electron chi connectivity index (χ1n) is 7.13. The second-order valence-corrected chi connectivity index (χ2v) is 5.37. The molecule has 1 aliphatic rings. The Balaban J connectivity index is 1.79. The molecular formula is C15H19F3N2O. The van der Waals surface area contributed by atoms with E-state index in [4.69, 9.17) is 0 Å². The van der Waals surface area contributed by atoms with E-state index in [1.165, 1.54) is 12.1 Å². The molecule has 116 valence electrons. The number of alkyl halides is 3. The van der Waals surface area contributed by atoms with Gasteiger partial charge in [-0.2, -0.15) is 13.2 Å². The molecule has 1 saturated heterocycles. The van der Waals surface area contributed by atoms with Crippen molar-refractivity contribution in [2.45, 2.75) is 31.9 Å². The summed E-state index contributed by atoms with van der Waals surface area (Å²) in [6.45, 7) is 1.97. The Morgan fingerprint density at radius 1 is 1.29 bits per heavy atom. The summed E-state index contributed by atoms with van der Waals surface area (Å²) < 4.78 is 37.2. The van der Waals surface area contributed by atoms with Crippen molar-refractivity contribution in [3.8, 4) is 0 Å². The van der Waals surface area contributed by atoms with E-state index in [-0.39, 0.29) is 5.91 Å². The van der Waals surface area contributed by atoms with E-state index in [2.05, 4.69) is 10.6 Å². The van der Waals surface area contributed by atoms with E-state index < -0.39 is 11.7 Å². The molecule has 1 aliphatic heterocycles. The zero-order chi connectivity index (χ0) is 15.3. The fraction of sp³-hybridized carbons (Fsp3) is 0.533. The second kappa shape index (κ2) is 6.93. The third-order valence-electron chi connectivity index (χ3n) is 3.67. The number of hydrogen-bond acceptors (Lipinski definition) is 2. The standard InChI is InChI=1S/C15H19F3N2O/c16-15(17,18)12-4-6-13(7-5-12)20-14(21)8-3-11-2-1-9-19-10-11/h4-7,11,19H,1-3,8-10H2,(H,20,21). The van der Waals surface area contributed by atoms with Crippen LogP contribution in [0, 0.1) is 5.92 Å². The highest BCUT2D eigenvalue weighted by Crippen LogP contribution is 2.29. The molecule has 0 saturated carbocycles. The number of benzene rings is 1. The van der Waals surface area contributed by atoms with Gasteiger partial charge in [0, 0.05) is 12.1 Å². The predicted octanol–water partition coefficient (Wildman–Crippen LogP) is 3.42. The van der Waals surface area contributed by atoms with Gasteiger partial charge in [0.05, 0.1) is 5.56 Å². The van der Waals surface area contributed by atoms with Crippen LogP contribution in [0.5, 0.6) is 0 Å². The highest BCUT2D eigenvalue weighted by Gasteiger charge is 2.29. The number of nitrogens with one attached hydrogen (secondary N) is 2. The van der Waals surface area contributed by atoms with Crippen molar-refractivity contribution < 1.29 is 18.0 Å². The maximum Gasteiger partial charge on any atom is 0.416 e. The summed E-state index contributed by atoms with van der Waals surface area (Å²) in [6, 6.07) is 4.51. The van der Waals surface area contributed by atoms with Gasteiger partial charge in [0.2, 0.25) is 5.91 Å². The molecule has 2 rings (SSSR count). The molecule has 1 aromatic rings. The van der Waals surface area contributed by atoms with Crippen molar-refractivity contribution >= 4 is 11.6 Å². The molecule has 6 heteroatoms. The van der Waals surface area contributed by atoms with Crippen LogP contribution in [0.25, 0.3) is 0 Å². The summed E-state index contributed by atoms with van der Waals surface area (Å²) >= 11 is 0. The number of piperidine rings is 1. The Morgan fingerprint density at radius 2 is 2.00 bits per heavy atom. The minimum atomic E-state index is -4.35. The molecule has 1 atom stereocenters. The maximum atomic E-state index is 12.4. The molecule has 1 unspecified atom stereocenters. The van der Waals surface area contributed by atoms with Crippen LogP contribution in [-0.4, -0.2) is 19.0 Å². The van der Waals surface area contributed by atoms with Crippen molar-refractivity contribution in [2.24, 2.45) is 5.92 Å². The lowest BCUT2D eigenvalue weighted by atomic mass is 9.94. The zero-order valence-electron chi connectivity index (χ0n) is 11.7. The summed E-state index contributed by atoms with van der Waals surface area (Å²) in [7, 11) is 0. The van der Waals surface area contributed by atoms with Gasteiger partial charge in [0.1, 0.15) is 0 Å². The SMILES string of the molecule is O=C(CCC1CCCNC1)Nc1ccc(C(F)(F)F)cc1. The monoisotopic (exact) mass is 300 g/mol. The van der Waals surface area contributed by atoms with Crippen LogP contribution < -0.4 is 10.6 Å². The number of hydrogen-bond donors (Lipinski definition) is 2. The van der Waals surface area contributed by atoms with Gasteiger partial charge >= 0.3 is 6.18 Å². The van der Waals surface area contributed by atoms with Crippen LogP contribution in [-0.2, 0) is 11.0 Å². The van der Waals surface area contributed by atoms with Crippen molar-refractivity contribution in [2.75, 3.05) is 18.4 Å². The van der Waals surface area contributed by atoms with Crippen molar-refractivity contribution in [3.63, 3.8) is 0 Å². The number of carbonyl (C=O) groups excluding carboxylic acids is 1. The molecule has 0 aromatic heterocycles. The fourth-order valence-corrected chi connectivity index (χ4v) is 2.47. The number of amides is 1. The van der Waals surface area contributed by atoms with Crippen LogP contribution in [0.4, 0.5) is 18.9 Å². The molecule has 0 spiro atoms. The topological polar surface area (TPSA) is 41.1 Å². The van der Waals surface area contributed by atoms with Gasteiger partial charge in [-0.1, -0.05) is 0 Å². The van der Waals surface area contributed by atoms with Crippen LogP contribution in [0.3, 0.4) is 0 Å². The van der Waals surface area contributed by atoms with E-state index in [9.17, 15) is 18.0 Å². The maximum absolute atomic E-state index is 12.4. The number of rotatable bonds is 4. The predicted molar refractivity (Wildman–Crippen MR) is 74.9 cm³/mol. The molecular weight excluding hydrogens is 281 g/mol. The Hall–Kier alpha value is -1.56. The first-order valence-corrected chi connectivity index (χ1v) is 7.13. The quantitative estimate of drug-likeness (QED) is 0.894. The Bertz CT molecular complexity index is 465. The van der Waals surface area contributed by atoms with Crippen LogP contribution in [0.1, 0.15) is 31.2 Å². The molecule has 1 heterocycles. The van der Waals surface area contributed by atoms with Crippen molar-refractivity contribution in [3.05, 3.63) is 29.8 Å². The normalized spacial score (nSPS) is 19.3. The van der Waals surface area contributed by atoms with Crippen LogP contribution in [0.15, 0.2) is 24.3 Å². The lowest BCUT2D eigenvalue weighted by molar-refractivity contribution is -0.137. The zero-order valence-corrected chi connectivity index (χ0v) is 11.7. The molecule has 21 heavy (non-hydrogen) atoms. The highest BCUT2D eigenvalue weighted by molar-refractivity contribution is 5.90. The molecule has 0 aliphatic carbocycles. The molecule has 3 nitrogen and oxygen atoms in total. The first kappa shape index (κ1) is 15.8. The van der Waals surface area contributed by atoms with Gasteiger partial charge in [-0.15, -0.1) is 0 Å². The van der Waals surface area contributed by atoms with Gasteiger partial charge in [-0.3, -0.25) is 4.79 Å². The number of anilines is 1. The number of halogens is 3. The van der Waals surface area contributed by atoms with Gasteiger partial charge in [0.15, 0.2) is 0 Å². The minimum Gasteiger partial charge on any atom is -0.326 e. The van der Waals surface area contributed by atoms with Gasteiger partial charge in [-0.05, 0) is 62.5 Å². The lowest BCUT2D eigenvalue weighted by Crippen LogP contribution is -2.30. The highest BCUT2D eigenvalue weighted by atomic mass is 19.4. The lowest BCUT2D eigenvalue weighted by Gasteiger charge is -2.22. The summed E-state index contributed by atoms with van der Waals surface area (Å²) in [5, 5.41) is 5.92. The van der Waals surface area contributed by atoms with Crippen LogP contribution in [0.2, 0.25) is 0 Å². The molecule has 1 aromatic carbocycles. The third kappa shape index (κ3) is 5.04. The van der Waals surface area contributed by atoms with Crippen LogP contribution >= 0.6 is 0 Å². The average Bonchev–Trinajstić information content (AvgIpc) is 2.46. The van der Waals surface area contributed by atoms with E-state index in [1.54, 1.807) is 0 Å². The van der Waals surface area contributed by atoms with E-state index in [0.717, 1.165) is 44.5 Å². The minimum absolute atomic E-state index is 0.152. The van der Waals surface area contributed by atoms with E-state index in [1.807, 2.05) is 0 Å². The molecule has 2 N–H and O–H groups in total. The Kier molecular flexibility index (Phi) is 5.22. The first-order chi connectivity index (χ1) is 9.95. The Labute approximate surface area is 121 Å². The van der Waals surface area contributed by atoms with E-state index in [0.29, 0.717) is 18.0 Å². The van der Waals surface area contributed by atoms with Gasteiger partial charge in [-0.25, -0.2) is 0 Å². The van der Waals surface area contributed by atoms with E-state index >= 15 is 0 Å². The largest absolute Gasteiger partial charge is 0.416 e. The summed E-state index contributed by atoms with van der Waals surface area (Å²) in [5.41, 5.74) is -0.316. The van der Waals surface area contributed by atoms with Gasteiger partial charge < -0.3 is 10.6 Å². The van der Waals surface area contributed by atoms with Crippen molar-refractivity contribution in [1.29, 1.82) is 0 Å². The smallest absolute Gasteiger partial charge is 0.326 e. The fourth-order valence-electron chi connectivity index (χ4n) is 2.47. The Morgan fingerprint density at radius 3 is 2.57 bits per heavy atom.